The summed E-state index contributed by atoms with van der Waals surface area (Å²) in [4.78, 5) is 4.26. The van der Waals surface area contributed by atoms with Crippen LogP contribution in [0.15, 0.2) is 51.4 Å². The SMILES string of the molecule is NCc1cc(Br)ccc1Oc1nc2ccccc2o1. The molecule has 1 aromatic heterocycles. The zero-order chi connectivity index (χ0) is 13.2. The highest BCUT2D eigenvalue weighted by Gasteiger charge is 2.10. The van der Waals surface area contributed by atoms with Crippen LogP contribution in [0.5, 0.6) is 11.8 Å². The van der Waals surface area contributed by atoms with Crippen LogP contribution < -0.4 is 10.5 Å². The van der Waals surface area contributed by atoms with E-state index >= 15 is 0 Å². The fourth-order valence-electron chi connectivity index (χ4n) is 1.80. The molecule has 0 spiro atoms. The molecule has 2 N–H and O–H groups in total. The average molecular weight is 319 g/mol. The number of rotatable bonds is 3. The minimum Gasteiger partial charge on any atom is -0.411 e. The number of oxazole rings is 1. The summed E-state index contributed by atoms with van der Waals surface area (Å²) < 4.78 is 12.1. The molecule has 0 saturated carbocycles. The molecule has 3 aromatic rings. The van der Waals surface area contributed by atoms with Crippen molar-refractivity contribution in [2.75, 3.05) is 0 Å². The monoisotopic (exact) mass is 318 g/mol. The van der Waals surface area contributed by atoms with Crippen LogP contribution in [-0.4, -0.2) is 4.98 Å². The summed E-state index contributed by atoms with van der Waals surface area (Å²) >= 11 is 3.40. The summed E-state index contributed by atoms with van der Waals surface area (Å²) in [7, 11) is 0. The molecule has 3 rings (SSSR count). The lowest BCUT2D eigenvalue weighted by Crippen LogP contribution is -1.99. The van der Waals surface area contributed by atoms with Crippen molar-refractivity contribution < 1.29 is 9.15 Å². The second-order valence-electron chi connectivity index (χ2n) is 4.01. The van der Waals surface area contributed by atoms with Gasteiger partial charge in [-0.15, -0.1) is 0 Å². The molecule has 4 nitrogen and oxygen atoms in total. The van der Waals surface area contributed by atoms with Gasteiger partial charge in [0.25, 0.3) is 0 Å². The van der Waals surface area contributed by atoms with E-state index in [0.29, 0.717) is 17.9 Å². The summed E-state index contributed by atoms with van der Waals surface area (Å²) in [6, 6.07) is 13.1. The molecule has 0 aliphatic heterocycles. The molecule has 1 heterocycles. The van der Waals surface area contributed by atoms with E-state index in [0.717, 1.165) is 15.6 Å². The molecule has 19 heavy (non-hydrogen) atoms. The number of nitrogens with zero attached hydrogens (tertiary/aromatic N) is 1. The predicted octanol–water partition coefficient (Wildman–Crippen LogP) is 3.84. The standard InChI is InChI=1S/C14H11BrN2O2/c15-10-5-6-12(9(7-10)8-16)18-14-17-11-3-1-2-4-13(11)19-14/h1-7H,8,16H2. The van der Waals surface area contributed by atoms with Crippen LogP contribution in [0.2, 0.25) is 0 Å². The van der Waals surface area contributed by atoms with Gasteiger partial charge >= 0.3 is 6.08 Å². The second-order valence-corrected chi connectivity index (χ2v) is 4.92. The minimum atomic E-state index is 0.221. The molecule has 0 bridgehead atoms. The van der Waals surface area contributed by atoms with Gasteiger partial charge in [0.2, 0.25) is 0 Å². The van der Waals surface area contributed by atoms with E-state index in [2.05, 4.69) is 20.9 Å². The molecule has 0 amide bonds. The van der Waals surface area contributed by atoms with E-state index in [4.69, 9.17) is 14.9 Å². The molecular formula is C14H11BrN2O2. The Hall–Kier alpha value is -1.85. The van der Waals surface area contributed by atoms with E-state index in [1.54, 1.807) is 0 Å². The molecule has 0 fully saturated rings. The number of benzene rings is 2. The summed E-state index contributed by atoms with van der Waals surface area (Å²) in [6.45, 7) is 0.384. The highest BCUT2D eigenvalue weighted by molar-refractivity contribution is 9.10. The average Bonchev–Trinajstić information content (AvgIpc) is 2.83. The molecule has 5 heteroatoms. The van der Waals surface area contributed by atoms with Crippen LogP contribution in [0.1, 0.15) is 5.56 Å². The normalized spacial score (nSPS) is 10.8. The summed E-state index contributed by atoms with van der Waals surface area (Å²) in [5.41, 5.74) is 8.05. The quantitative estimate of drug-likeness (QED) is 0.797. The number of hydrogen-bond donors (Lipinski definition) is 1. The van der Waals surface area contributed by atoms with Gasteiger partial charge in [0.1, 0.15) is 11.3 Å². The third-order valence-electron chi connectivity index (χ3n) is 2.71. The van der Waals surface area contributed by atoms with Crippen molar-refractivity contribution in [3.05, 3.63) is 52.5 Å². The first kappa shape index (κ1) is 12.2. The van der Waals surface area contributed by atoms with Gasteiger partial charge in [0.05, 0.1) is 0 Å². The Kier molecular flexibility index (Phi) is 3.23. The van der Waals surface area contributed by atoms with Crippen LogP contribution in [0.3, 0.4) is 0 Å². The number of para-hydroxylation sites is 2. The Morgan fingerprint density at radius 2 is 2.05 bits per heavy atom. The van der Waals surface area contributed by atoms with E-state index in [-0.39, 0.29) is 6.08 Å². The third kappa shape index (κ3) is 2.47. The predicted molar refractivity (Wildman–Crippen MR) is 76.1 cm³/mol. The van der Waals surface area contributed by atoms with Crippen LogP contribution >= 0.6 is 15.9 Å². The van der Waals surface area contributed by atoms with Gasteiger partial charge < -0.3 is 14.9 Å². The van der Waals surface area contributed by atoms with Crippen molar-refractivity contribution in [2.45, 2.75) is 6.54 Å². The first-order valence-corrected chi connectivity index (χ1v) is 6.57. The Morgan fingerprint density at radius 1 is 1.21 bits per heavy atom. The fraction of sp³-hybridized carbons (Fsp3) is 0.0714. The van der Waals surface area contributed by atoms with Gasteiger partial charge in [-0.1, -0.05) is 28.1 Å². The van der Waals surface area contributed by atoms with Gasteiger partial charge in [-0.2, -0.15) is 4.98 Å². The Labute approximate surface area is 118 Å². The maximum Gasteiger partial charge on any atom is 0.400 e. The van der Waals surface area contributed by atoms with Crippen molar-refractivity contribution in [3.8, 4) is 11.8 Å². The Bertz CT molecular complexity index is 691. The molecule has 96 valence electrons. The van der Waals surface area contributed by atoms with Gasteiger partial charge in [0.15, 0.2) is 5.58 Å². The van der Waals surface area contributed by atoms with Gasteiger partial charge in [-0.05, 0) is 30.3 Å². The van der Waals surface area contributed by atoms with Crippen LogP contribution in [0.4, 0.5) is 0 Å². The van der Waals surface area contributed by atoms with E-state index < -0.39 is 0 Å². The zero-order valence-electron chi connectivity index (χ0n) is 9.97. The summed E-state index contributed by atoms with van der Waals surface area (Å²) in [5.74, 6) is 0.650. The third-order valence-corrected chi connectivity index (χ3v) is 3.21. The minimum absolute atomic E-state index is 0.221. The van der Waals surface area contributed by atoms with Crippen LogP contribution in [0, 0.1) is 0 Å². The first-order chi connectivity index (χ1) is 9.26. The molecule has 2 aromatic carbocycles. The van der Waals surface area contributed by atoms with Crippen molar-refractivity contribution in [1.82, 2.24) is 4.98 Å². The van der Waals surface area contributed by atoms with E-state index in [1.807, 2.05) is 42.5 Å². The van der Waals surface area contributed by atoms with E-state index in [9.17, 15) is 0 Å². The summed E-state index contributed by atoms with van der Waals surface area (Å²) in [5, 5.41) is 0. The van der Waals surface area contributed by atoms with Crippen LogP contribution in [0.25, 0.3) is 11.1 Å². The zero-order valence-corrected chi connectivity index (χ0v) is 11.6. The number of ether oxygens (including phenoxy) is 1. The maximum absolute atomic E-state index is 5.70. The van der Waals surface area contributed by atoms with E-state index in [1.165, 1.54) is 0 Å². The molecule has 0 atom stereocenters. The largest absolute Gasteiger partial charge is 0.411 e. The first-order valence-electron chi connectivity index (χ1n) is 5.78. The van der Waals surface area contributed by atoms with Crippen molar-refractivity contribution >= 4 is 27.0 Å². The highest BCUT2D eigenvalue weighted by atomic mass is 79.9. The van der Waals surface area contributed by atoms with Crippen molar-refractivity contribution in [2.24, 2.45) is 5.73 Å². The molecular weight excluding hydrogens is 308 g/mol. The Morgan fingerprint density at radius 3 is 2.84 bits per heavy atom. The lowest BCUT2D eigenvalue weighted by Gasteiger charge is -2.06. The molecule has 0 saturated heterocycles. The van der Waals surface area contributed by atoms with Gasteiger partial charge in [-0.25, -0.2) is 0 Å². The summed E-state index contributed by atoms with van der Waals surface area (Å²) in [6.07, 6.45) is 0.221. The van der Waals surface area contributed by atoms with Gasteiger partial charge in [0, 0.05) is 16.6 Å². The number of halogens is 1. The lowest BCUT2D eigenvalue weighted by atomic mass is 10.2. The molecule has 0 aliphatic carbocycles. The smallest absolute Gasteiger partial charge is 0.400 e. The maximum atomic E-state index is 5.70. The van der Waals surface area contributed by atoms with Crippen molar-refractivity contribution in [1.29, 1.82) is 0 Å². The molecule has 0 aliphatic rings. The number of nitrogens with two attached hydrogens (primary N) is 1. The fourth-order valence-corrected chi connectivity index (χ4v) is 2.20. The topological polar surface area (TPSA) is 61.3 Å². The molecule has 0 radical (unpaired) electrons. The number of aromatic nitrogens is 1. The lowest BCUT2D eigenvalue weighted by molar-refractivity contribution is 0.340. The number of fused-ring (bicyclic) bond motifs is 1. The van der Waals surface area contributed by atoms with Crippen LogP contribution in [-0.2, 0) is 6.54 Å². The second kappa shape index (κ2) is 5.03. The van der Waals surface area contributed by atoms with Crippen molar-refractivity contribution in [3.63, 3.8) is 0 Å². The molecule has 0 unspecified atom stereocenters. The highest BCUT2D eigenvalue weighted by Crippen LogP contribution is 2.29. The van der Waals surface area contributed by atoms with Gasteiger partial charge in [-0.3, -0.25) is 0 Å². The Balaban J connectivity index is 1.96. The number of hydrogen-bond acceptors (Lipinski definition) is 4.